The minimum Gasteiger partial charge on any atom is -0.497 e. The lowest BCUT2D eigenvalue weighted by atomic mass is 10.1. The molecule has 0 saturated carbocycles. The van der Waals surface area contributed by atoms with E-state index in [1.165, 1.54) is 6.92 Å². The topological polar surface area (TPSA) is 94.8 Å². The smallest absolute Gasteiger partial charge is 0.224 e. The monoisotopic (exact) mass is 472 g/mol. The molecule has 2 aromatic carbocycles. The van der Waals surface area contributed by atoms with E-state index in [0.29, 0.717) is 29.2 Å². The van der Waals surface area contributed by atoms with Crippen molar-refractivity contribution in [1.29, 1.82) is 0 Å². The first-order valence-corrected chi connectivity index (χ1v) is 11.3. The Labute approximate surface area is 203 Å². The van der Waals surface area contributed by atoms with Crippen LogP contribution in [0.5, 0.6) is 11.5 Å². The maximum absolute atomic E-state index is 12.6. The molecular weight excluding hydrogens is 444 g/mol. The number of aromatic nitrogens is 3. The van der Waals surface area contributed by atoms with Gasteiger partial charge in [0.05, 0.1) is 19.9 Å². The van der Waals surface area contributed by atoms with Crippen molar-refractivity contribution >= 4 is 23.0 Å². The van der Waals surface area contributed by atoms with Gasteiger partial charge in [0.1, 0.15) is 11.5 Å². The number of methoxy groups -OCH3 is 2. The zero-order chi connectivity index (χ0) is 25.1. The van der Waals surface area contributed by atoms with Crippen LogP contribution in [0.4, 0.5) is 5.69 Å². The Morgan fingerprint density at radius 1 is 1.03 bits per heavy atom. The molecule has 4 aromatic rings. The number of carbonyl (C=O) groups excluding carboxylic acids is 2. The number of Topliss-reactive ketones (excluding diaryl/α,β-unsaturated/α-hetero) is 1. The van der Waals surface area contributed by atoms with Gasteiger partial charge in [-0.05, 0) is 57.0 Å². The van der Waals surface area contributed by atoms with E-state index in [0.717, 1.165) is 33.9 Å². The number of carbonyl (C=O) groups is 2. The van der Waals surface area contributed by atoms with Crippen molar-refractivity contribution in [2.75, 3.05) is 19.5 Å². The molecule has 0 aliphatic rings. The molecule has 0 unspecified atom stereocenters. The normalized spacial score (nSPS) is 10.9. The number of fused-ring (bicyclic) bond motifs is 1. The highest BCUT2D eigenvalue weighted by atomic mass is 16.5. The first kappa shape index (κ1) is 23.9. The first-order chi connectivity index (χ1) is 16.8. The molecule has 0 spiro atoms. The summed E-state index contributed by atoms with van der Waals surface area (Å²) in [5.41, 5.74) is 6.22. The SMILES string of the molecule is COc1ccc(-c2cc3nc(C)c(CCC(=O)Nc4cccc(C(C)=O)c4)c(C)n3n2)c(OC)c1. The molecular formula is C27H28N4O4. The van der Waals surface area contributed by atoms with Crippen LogP contribution < -0.4 is 14.8 Å². The fraction of sp³-hybridized carbons (Fsp3) is 0.259. The van der Waals surface area contributed by atoms with Crippen molar-refractivity contribution in [2.45, 2.75) is 33.6 Å². The summed E-state index contributed by atoms with van der Waals surface area (Å²) in [7, 11) is 3.22. The van der Waals surface area contributed by atoms with Crippen LogP contribution in [0.3, 0.4) is 0 Å². The van der Waals surface area contributed by atoms with E-state index in [1.54, 1.807) is 43.0 Å². The Morgan fingerprint density at radius 3 is 2.54 bits per heavy atom. The molecule has 8 nitrogen and oxygen atoms in total. The summed E-state index contributed by atoms with van der Waals surface area (Å²) < 4.78 is 12.6. The van der Waals surface area contributed by atoms with E-state index >= 15 is 0 Å². The van der Waals surface area contributed by atoms with Gasteiger partial charge in [-0.1, -0.05) is 12.1 Å². The van der Waals surface area contributed by atoms with Crippen molar-refractivity contribution < 1.29 is 19.1 Å². The van der Waals surface area contributed by atoms with Crippen LogP contribution in [0, 0.1) is 13.8 Å². The molecule has 2 aromatic heterocycles. The number of ether oxygens (including phenoxy) is 2. The summed E-state index contributed by atoms with van der Waals surface area (Å²) in [6.07, 6.45) is 0.791. The zero-order valence-electron chi connectivity index (χ0n) is 20.5. The highest BCUT2D eigenvalue weighted by Gasteiger charge is 2.17. The first-order valence-electron chi connectivity index (χ1n) is 11.3. The van der Waals surface area contributed by atoms with Crippen molar-refractivity contribution in [3.63, 3.8) is 0 Å². The van der Waals surface area contributed by atoms with Crippen molar-refractivity contribution in [3.05, 3.63) is 71.0 Å². The number of ketones is 1. The molecule has 1 amide bonds. The lowest BCUT2D eigenvalue weighted by Crippen LogP contribution is -2.14. The van der Waals surface area contributed by atoms with Crippen LogP contribution in [0.2, 0.25) is 0 Å². The number of amides is 1. The van der Waals surface area contributed by atoms with E-state index < -0.39 is 0 Å². The van der Waals surface area contributed by atoms with Crippen LogP contribution in [-0.4, -0.2) is 40.5 Å². The van der Waals surface area contributed by atoms with Crippen molar-refractivity contribution in [1.82, 2.24) is 14.6 Å². The molecule has 0 fully saturated rings. The summed E-state index contributed by atoms with van der Waals surface area (Å²) in [4.78, 5) is 28.9. The summed E-state index contributed by atoms with van der Waals surface area (Å²) in [6, 6.07) is 14.5. The van der Waals surface area contributed by atoms with Gasteiger partial charge in [-0.15, -0.1) is 0 Å². The Balaban J connectivity index is 1.56. The molecule has 35 heavy (non-hydrogen) atoms. The maximum Gasteiger partial charge on any atom is 0.224 e. The molecule has 0 saturated heterocycles. The average molecular weight is 473 g/mol. The Morgan fingerprint density at radius 2 is 1.83 bits per heavy atom. The third kappa shape index (κ3) is 5.01. The van der Waals surface area contributed by atoms with Gasteiger partial charge in [0, 0.05) is 46.8 Å². The van der Waals surface area contributed by atoms with Crippen LogP contribution in [0.25, 0.3) is 16.9 Å². The van der Waals surface area contributed by atoms with Gasteiger partial charge >= 0.3 is 0 Å². The molecule has 0 aliphatic carbocycles. The fourth-order valence-electron chi connectivity index (χ4n) is 4.11. The third-order valence-electron chi connectivity index (χ3n) is 6.00. The molecule has 1 N–H and O–H groups in total. The van der Waals surface area contributed by atoms with E-state index in [-0.39, 0.29) is 18.1 Å². The lowest BCUT2D eigenvalue weighted by Gasteiger charge is -2.11. The highest BCUT2D eigenvalue weighted by Crippen LogP contribution is 2.33. The predicted octanol–water partition coefficient (Wildman–Crippen LogP) is 4.80. The van der Waals surface area contributed by atoms with Gasteiger partial charge in [0.2, 0.25) is 5.91 Å². The molecule has 2 heterocycles. The minimum atomic E-state index is -0.131. The Kier molecular flexibility index (Phi) is 6.82. The van der Waals surface area contributed by atoms with E-state index in [2.05, 4.69) is 5.32 Å². The number of aryl methyl sites for hydroxylation is 2. The summed E-state index contributed by atoms with van der Waals surface area (Å²) in [5, 5.41) is 7.64. The molecule has 180 valence electrons. The second-order valence-corrected chi connectivity index (χ2v) is 8.31. The number of nitrogens with one attached hydrogen (secondary N) is 1. The summed E-state index contributed by atoms with van der Waals surface area (Å²) in [5.74, 6) is 1.19. The van der Waals surface area contributed by atoms with Crippen LogP contribution in [0.1, 0.15) is 40.7 Å². The van der Waals surface area contributed by atoms with Crippen molar-refractivity contribution in [3.8, 4) is 22.8 Å². The zero-order valence-corrected chi connectivity index (χ0v) is 20.5. The summed E-state index contributed by atoms with van der Waals surface area (Å²) in [6.45, 7) is 5.42. The number of hydrogen-bond acceptors (Lipinski definition) is 6. The van der Waals surface area contributed by atoms with Crippen molar-refractivity contribution in [2.24, 2.45) is 0 Å². The quantitative estimate of drug-likeness (QED) is 0.370. The second-order valence-electron chi connectivity index (χ2n) is 8.31. The van der Waals surface area contributed by atoms with Gasteiger partial charge in [-0.3, -0.25) is 9.59 Å². The second kappa shape index (κ2) is 9.97. The average Bonchev–Trinajstić information content (AvgIpc) is 3.27. The maximum atomic E-state index is 12.6. The largest absolute Gasteiger partial charge is 0.497 e. The predicted molar refractivity (Wildman–Crippen MR) is 134 cm³/mol. The molecule has 4 rings (SSSR count). The number of hydrogen-bond donors (Lipinski definition) is 1. The van der Waals surface area contributed by atoms with Gasteiger partial charge in [-0.2, -0.15) is 5.10 Å². The van der Waals surface area contributed by atoms with Crippen LogP contribution in [-0.2, 0) is 11.2 Å². The number of rotatable bonds is 8. The Bertz CT molecular complexity index is 1420. The van der Waals surface area contributed by atoms with Gasteiger partial charge in [-0.25, -0.2) is 9.50 Å². The highest BCUT2D eigenvalue weighted by molar-refractivity contribution is 5.97. The number of anilines is 1. The van der Waals surface area contributed by atoms with Gasteiger partial charge in [0.25, 0.3) is 0 Å². The summed E-state index contributed by atoms with van der Waals surface area (Å²) >= 11 is 0. The minimum absolute atomic E-state index is 0.0439. The third-order valence-corrected chi connectivity index (χ3v) is 6.00. The van der Waals surface area contributed by atoms with Gasteiger partial charge < -0.3 is 14.8 Å². The molecule has 0 atom stereocenters. The molecule has 0 radical (unpaired) electrons. The lowest BCUT2D eigenvalue weighted by molar-refractivity contribution is -0.116. The van der Waals surface area contributed by atoms with E-state index in [9.17, 15) is 9.59 Å². The number of nitrogens with zero attached hydrogens (tertiary/aromatic N) is 3. The van der Waals surface area contributed by atoms with Crippen LogP contribution in [0.15, 0.2) is 48.5 Å². The standard InChI is InChI=1S/C27H28N4O4/c1-16-22(11-12-27(33)29-20-8-6-7-19(13-20)18(3)32)17(2)31-26(28-16)15-24(30-31)23-10-9-21(34-4)14-25(23)35-5/h6-10,13-15H,11-12H2,1-5H3,(H,29,33). The fourth-order valence-corrected chi connectivity index (χ4v) is 4.11. The van der Waals surface area contributed by atoms with Crippen LogP contribution >= 0.6 is 0 Å². The van der Waals surface area contributed by atoms with E-state index in [4.69, 9.17) is 19.6 Å². The molecule has 0 bridgehead atoms. The molecule has 8 heteroatoms. The number of benzene rings is 2. The molecule has 0 aliphatic heterocycles. The van der Waals surface area contributed by atoms with E-state index in [1.807, 2.05) is 38.1 Å². The Hall–Kier alpha value is -4.20. The van der Waals surface area contributed by atoms with Gasteiger partial charge in [0.15, 0.2) is 11.4 Å².